The van der Waals surface area contributed by atoms with Crippen LogP contribution in [-0.2, 0) is 0 Å². The Balaban J connectivity index is 2.37. The van der Waals surface area contributed by atoms with E-state index in [-0.39, 0.29) is 18.9 Å². The molecule has 0 aromatic heterocycles. The smallest absolute Gasteiger partial charge is 0.271 e. The van der Waals surface area contributed by atoms with Crippen LogP contribution in [-0.4, -0.2) is 12.7 Å². The first-order chi connectivity index (χ1) is 5.05. The lowest BCUT2D eigenvalue weighted by molar-refractivity contribution is -0.212. The van der Waals surface area contributed by atoms with Crippen molar-refractivity contribution >= 4 is 0 Å². The fourth-order valence-electron chi connectivity index (χ4n) is 1.40. The van der Waals surface area contributed by atoms with E-state index in [9.17, 15) is 13.2 Å². The van der Waals surface area contributed by atoms with Gasteiger partial charge in [0, 0.05) is 6.54 Å². The Labute approximate surface area is 62.9 Å². The van der Waals surface area contributed by atoms with E-state index in [1.165, 1.54) is 0 Å². The van der Waals surface area contributed by atoms with E-state index in [1.54, 1.807) is 0 Å². The van der Waals surface area contributed by atoms with Gasteiger partial charge >= 0.3 is 6.18 Å². The Morgan fingerprint density at radius 3 is 2.27 bits per heavy atom. The molecule has 0 unspecified atom stereocenters. The molecule has 0 heterocycles. The molecule has 0 bridgehead atoms. The number of alkyl halides is 3. The van der Waals surface area contributed by atoms with Crippen molar-refractivity contribution in [2.45, 2.75) is 19.0 Å². The SMILES string of the molecule is NNC[C@@H]1CC[C@H]1C(F)(F)F. The van der Waals surface area contributed by atoms with Gasteiger partial charge in [0.1, 0.15) is 0 Å². The third-order valence-electron chi connectivity index (χ3n) is 2.22. The fourth-order valence-corrected chi connectivity index (χ4v) is 1.40. The molecule has 2 nitrogen and oxygen atoms in total. The second-order valence-corrected chi connectivity index (χ2v) is 2.89. The summed E-state index contributed by atoms with van der Waals surface area (Å²) in [6, 6.07) is 0. The molecule has 2 atom stereocenters. The number of halogens is 3. The van der Waals surface area contributed by atoms with E-state index in [2.05, 4.69) is 5.43 Å². The third-order valence-corrected chi connectivity index (χ3v) is 2.22. The minimum atomic E-state index is -4.03. The van der Waals surface area contributed by atoms with Crippen molar-refractivity contribution in [2.75, 3.05) is 6.54 Å². The zero-order chi connectivity index (χ0) is 8.48. The third kappa shape index (κ3) is 1.84. The number of nitrogens with one attached hydrogen (secondary N) is 1. The van der Waals surface area contributed by atoms with Gasteiger partial charge in [-0.15, -0.1) is 0 Å². The lowest BCUT2D eigenvalue weighted by Crippen LogP contribution is -2.44. The van der Waals surface area contributed by atoms with Crippen LogP contribution >= 0.6 is 0 Å². The number of hydrazine groups is 1. The highest BCUT2D eigenvalue weighted by Crippen LogP contribution is 2.44. The number of nitrogens with two attached hydrogens (primary N) is 1. The monoisotopic (exact) mass is 168 g/mol. The summed E-state index contributed by atoms with van der Waals surface area (Å²) in [4.78, 5) is 0. The van der Waals surface area contributed by atoms with E-state index in [0.29, 0.717) is 6.42 Å². The van der Waals surface area contributed by atoms with E-state index < -0.39 is 12.1 Å². The van der Waals surface area contributed by atoms with E-state index in [4.69, 9.17) is 5.84 Å². The molecular weight excluding hydrogens is 157 g/mol. The van der Waals surface area contributed by atoms with Crippen molar-refractivity contribution in [3.05, 3.63) is 0 Å². The van der Waals surface area contributed by atoms with Gasteiger partial charge in [0.2, 0.25) is 0 Å². The summed E-state index contributed by atoms with van der Waals surface area (Å²) < 4.78 is 36.0. The van der Waals surface area contributed by atoms with Crippen molar-refractivity contribution in [1.29, 1.82) is 0 Å². The summed E-state index contributed by atoms with van der Waals surface area (Å²) in [5.74, 6) is 3.50. The van der Waals surface area contributed by atoms with Gasteiger partial charge in [0.25, 0.3) is 0 Å². The van der Waals surface area contributed by atoms with E-state index in [0.717, 1.165) is 0 Å². The highest BCUT2D eigenvalue weighted by Gasteiger charge is 2.49. The second kappa shape index (κ2) is 2.98. The quantitative estimate of drug-likeness (QED) is 0.477. The standard InChI is InChI=1S/C6H11F3N2/c7-6(8,9)5-2-1-4(5)3-11-10/h4-5,11H,1-3,10H2/t4-,5+/m0/s1. The predicted octanol–water partition coefficient (Wildman–Crippen LogP) is 1.04. The first kappa shape index (κ1) is 8.80. The number of hydrogen-bond donors (Lipinski definition) is 2. The molecule has 0 radical (unpaired) electrons. The first-order valence-electron chi connectivity index (χ1n) is 3.56. The van der Waals surface area contributed by atoms with Gasteiger partial charge in [-0.05, 0) is 18.8 Å². The van der Waals surface area contributed by atoms with Gasteiger partial charge in [0.15, 0.2) is 0 Å². The summed E-state index contributed by atoms with van der Waals surface area (Å²) in [7, 11) is 0. The molecule has 0 amide bonds. The van der Waals surface area contributed by atoms with Crippen LogP contribution in [0.2, 0.25) is 0 Å². The lowest BCUT2D eigenvalue weighted by atomic mass is 9.73. The van der Waals surface area contributed by atoms with Crippen LogP contribution in [0.3, 0.4) is 0 Å². The molecule has 1 aliphatic carbocycles. The number of hydrogen-bond acceptors (Lipinski definition) is 2. The average molecular weight is 168 g/mol. The minimum absolute atomic E-state index is 0.260. The van der Waals surface area contributed by atoms with Crippen LogP contribution in [0.5, 0.6) is 0 Å². The molecule has 1 fully saturated rings. The van der Waals surface area contributed by atoms with Crippen LogP contribution in [0, 0.1) is 11.8 Å². The van der Waals surface area contributed by atoms with Crippen molar-refractivity contribution in [2.24, 2.45) is 17.7 Å². The summed E-state index contributed by atoms with van der Waals surface area (Å²) in [5, 5.41) is 0. The molecule has 0 aliphatic heterocycles. The molecule has 0 aromatic rings. The topological polar surface area (TPSA) is 38.0 Å². The molecule has 0 aromatic carbocycles. The maximum absolute atomic E-state index is 12.0. The molecule has 0 saturated heterocycles. The number of rotatable bonds is 2. The molecular formula is C6H11F3N2. The summed E-state index contributed by atoms with van der Waals surface area (Å²) in [5.41, 5.74) is 2.27. The molecule has 1 saturated carbocycles. The van der Waals surface area contributed by atoms with Gasteiger partial charge in [-0.1, -0.05) is 0 Å². The summed E-state index contributed by atoms with van der Waals surface area (Å²) >= 11 is 0. The Bertz CT molecular complexity index is 134. The Morgan fingerprint density at radius 1 is 1.36 bits per heavy atom. The largest absolute Gasteiger partial charge is 0.392 e. The van der Waals surface area contributed by atoms with Crippen LogP contribution in [0.4, 0.5) is 13.2 Å². The Hall–Kier alpha value is -0.290. The van der Waals surface area contributed by atoms with Crippen LogP contribution in [0.25, 0.3) is 0 Å². The fraction of sp³-hybridized carbons (Fsp3) is 1.00. The molecule has 11 heavy (non-hydrogen) atoms. The zero-order valence-electron chi connectivity index (χ0n) is 5.99. The zero-order valence-corrected chi connectivity index (χ0v) is 5.99. The van der Waals surface area contributed by atoms with E-state index in [1.807, 2.05) is 0 Å². The van der Waals surface area contributed by atoms with Crippen molar-refractivity contribution < 1.29 is 13.2 Å². The van der Waals surface area contributed by atoms with Gasteiger partial charge in [-0.3, -0.25) is 11.3 Å². The van der Waals surface area contributed by atoms with Gasteiger partial charge in [-0.2, -0.15) is 13.2 Å². The summed E-state index contributed by atoms with van der Waals surface area (Å²) in [6.45, 7) is 0.268. The molecule has 5 heteroatoms. The van der Waals surface area contributed by atoms with Crippen LogP contribution in [0.15, 0.2) is 0 Å². The van der Waals surface area contributed by atoms with Crippen molar-refractivity contribution in [1.82, 2.24) is 5.43 Å². The molecule has 1 rings (SSSR count). The molecule has 66 valence electrons. The lowest BCUT2D eigenvalue weighted by Gasteiger charge is -2.37. The normalized spacial score (nSPS) is 31.6. The average Bonchev–Trinajstić information content (AvgIpc) is 1.75. The summed E-state index contributed by atoms with van der Waals surface area (Å²) in [6.07, 6.45) is -3.13. The van der Waals surface area contributed by atoms with Crippen molar-refractivity contribution in [3.8, 4) is 0 Å². The predicted molar refractivity (Wildman–Crippen MR) is 34.5 cm³/mol. The van der Waals surface area contributed by atoms with Gasteiger partial charge in [0.05, 0.1) is 5.92 Å². The van der Waals surface area contributed by atoms with Crippen molar-refractivity contribution in [3.63, 3.8) is 0 Å². The highest BCUT2D eigenvalue weighted by atomic mass is 19.4. The van der Waals surface area contributed by atoms with Crippen LogP contribution < -0.4 is 11.3 Å². The Morgan fingerprint density at radius 2 is 2.00 bits per heavy atom. The molecule has 0 spiro atoms. The highest BCUT2D eigenvalue weighted by molar-refractivity contribution is 4.86. The van der Waals surface area contributed by atoms with E-state index >= 15 is 0 Å². The second-order valence-electron chi connectivity index (χ2n) is 2.89. The Kier molecular flexibility index (Phi) is 2.39. The molecule has 3 N–H and O–H groups in total. The van der Waals surface area contributed by atoms with Gasteiger partial charge < -0.3 is 0 Å². The maximum atomic E-state index is 12.0. The maximum Gasteiger partial charge on any atom is 0.392 e. The minimum Gasteiger partial charge on any atom is -0.271 e. The van der Waals surface area contributed by atoms with Gasteiger partial charge in [-0.25, -0.2) is 0 Å². The first-order valence-corrected chi connectivity index (χ1v) is 3.56. The van der Waals surface area contributed by atoms with Crippen LogP contribution in [0.1, 0.15) is 12.8 Å². The molecule has 1 aliphatic rings.